The summed E-state index contributed by atoms with van der Waals surface area (Å²) in [4.78, 5) is 46.7. The van der Waals surface area contributed by atoms with E-state index in [9.17, 15) is 14.4 Å². The minimum Gasteiger partial charge on any atom is -0.450 e. The molecule has 0 saturated carbocycles. The molecule has 0 bridgehead atoms. The second-order valence-corrected chi connectivity index (χ2v) is 10.5. The molecule has 0 aliphatic carbocycles. The number of nitrogens with one attached hydrogen (secondary N) is 2. The summed E-state index contributed by atoms with van der Waals surface area (Å²) < 4.78 is 11.0. The van der Waals surface area contributed by atoms with Crippen LogP contribution in [-0.4, -0.2) is 39.9 Å². The summed E-state index contributed by atoms with van der Waals surface area (Å²) in [6.07, 6.45) is -1.42. The first-order valence-electron chi connectivity index (χ1n) is 11.6. The topological polar surface area (TPSA) is 140 Å². The molecule has 11 heteroatoms. The number of ether oxygens (including phenoxy) is 2. The van der Waals surface area contributed by atoms with Gasteiger partial charge >= 0.3 is 12.1 Å². The van der Waals surface area contributed by atoms with Gasteiger partial charge in [0.05, 0.1) is 0 Å². The van der Waals surface area contributed by atoms with Crippen LogP contribution >= 0.6 is 11.3 Å². The number of nitrogens with zero attached hydrogens (tertiary/aromatic N) is 2. The second kappa shape index (κ2) is 11.9. The molecule has 1 heterocycles. The Labute approximate surface area is 224 Å². The molecule has 0 aliphatic rings. The number of carbonyl (C=O) groups excluding carboxylic acids is 3. The number of amides is 2. The van der Waals surface area contributed by atoms with Gasteiger partial charge in [-0.1, -0.05) is 65.8 Å². The highest BCUT2D eigenvalue weighted by Crippen LogP contribution is 2.28. The van der Waals surface area contributed by atoms with Gasteiger partial charge in [-0.15, -0.1) is 11.3 Å². The second-order valence-electron chi connectivity index (χ2n) is 9.64. The summed E-state index contributed by atoms with van der Waals surface area (Å²) in [5, 5.41) is 7.79. The van der Waals surface area contributed by atoms with Crippen molar-refractivity contribution in [2.75, 3.05) is 5.32 Å². The van der Waals surface area contributed by atoms with E-state index in [1.165, 1.54) is 19.2 Å². The van der Waals surface area contributed by atoms with E-state index >= 15 is 0 Å². The molecule has 0 aliphatic heterocycles. The third-order valence-corrected chi connectivity index (χ3v) is 5.61. The normalized spacial score (nSPS) is 12.1. The smallest absolute Gasteiger partial charge is 0.413 e. The molecule has 0 saturated heterocycles. The van der Waals surface area contributed by atoms with Gasteiger partial charge < -0.3 is 14.3 Å². The number of anilines is 1. The summed E-state index contributed by atoms with van der Waals surface area (Å²) in [7, 11) is 0. The molecule has 2 amide bonds. The summed E-state index contributed by atoms with van der Waals surface area (Å²) >= 11 is 1.01. The summed E-state index contributed by atoms with van der Waals surface area (Å²) in [5.74, 6) is -1.92. The van der Waals surface area contributed by atoms with E-state index in [2.05, 4.69) is 15.5 Å². The Morgan fingerprint density at radius 1 is 0.947 bits per heavy atom. The lowest BCUT2D eigenvalue weighted by atomic mass is 10.0. The third kappa shape index (κ3) is 7.87. The molecule has 38 heavy (non-hydrogen) atoms. The monoisotopic (exact) mass is 537 g/mol. The van der Waals surface area contributed by atoms with E-state index in [0.29, 0.717) is 0 Å². The molecule has 0 fully saturated rings. The van der Waals surface area contributed by atoms with Crippen LogP contribution in [0, 0.1) is 0 Å². The number of benzene rings is 2. The lowest BCUT2D eigenvalue weighted by molar-refractivity contribution is -0.172. The molecule has 1 radical (unpaired) electrons. The number of hydrogen-bond donors (Lipinski definition) is 1. The molecular weight excluding hydrogens is 508 g/mol. The Hall–Kier alpha value is -4.25. The first kappa shape index (κ1) is 28.3. The van der Waals surface area contributed by atoms with Crippen molar-refractivity contribution in [1.29, 1.82) is 0 Å². The Bertz CT molecular complexity index is 1260. The van der Waals surface area contributed by atoms with E-state index in [0.717, 1.165) is 22.5 Å². The number of esters is 1. The van der Waals surface area contributed by atoms with Crippen molar-refractivity contribution in [3.05, 3.63) is 82.9 Å². The zero-order valence-corrected chi connectivity index (χ0v) is 22.5. The first-order valence-corrected chi connectivity index (χ1v) is 12.5. The summed E-state index contributed by atoms with van der Waals surface area (Å²) in [5.41, 5.74) is 6.34. The average Bonchev–Trinajstić information content (AvgIpc) is 3.29. The van der Waals surface area contributed by atoms with E-state index in [1.54, 1.807) is 20.8 Å². The van der Waals surface area contributed by atoms with Crippen molar-refractivity contribution in [2.45, 2.75) is 51.9 Å². The SMILES string of the molecule is CC(C)(C)OC(=O)Nc1nc(C(=NOC(C)(C)C(=O)OC(c2ccccc2)c2ccccc2)C([NH])=O)cs1. The minimum atomic E-state index is -1.61. The molecule has 2 aromatic carbocycles. The highest BCUT2D eigenvalue weighted by Gasteiger charge is 2.36. The molecule has 10 nitrogen and oxygen atoms in total. The molecule has 0 spiro atoms. The van der Waals surface area contributed by atoms with Crippen LogP contribution in [0.5, 0.6) is 0 Å². The van der Waals surface area contributed by atoms with Crippen molar-refractivity contribution < 1.29 is 28.7 Å². The average molecular weight is 538 g/mol. The fraction of sp³-hybridized carbons (Fsp3) is 0.296. The third-order valence-electron chi connectivity index (χ3n) is 4.86. The number of rotatable bonds is 9. The van der Waals surface area contributed by atoms with Crippen molar-refractivity contribution in [2.24, 2.45) is 5.16 Å². The van der Waals surface area contributed by atoms with Gasteiger partial charge in [0.2, 0.25) is 5.60 Å². The van der Waals surface area contributed by atoms with Crippen molar-refractivity contribution in [3.8, 4) is 0 Å². The van der Waals surface area contributed by atoms with Crippen molar-refractivity contribution in [1.82, 2.24) is 10.7 Å². The number of aromatic nitrogens is 1. The Kier molecular flexibility index (Phi) is 8.84. The zero-order chi connectivity index (χ0) is 27.9. The van der Waals surface area contributed by atoms with E-state index in [1.807, 2.05) is 60.7 Å². The highest BCUT2D eigenvalue weighted by molar-refractivity contribution is 7.14. The Morgan fingerprint density at radius 3 is 2.00 bits per heavy atom. The van der Waals surface area contributed by atoms with Crippen molar-refractivity contribution in [3.63, 3.8) is 0 Å². The van der Waals surface area contributed by atoms with Crippen LogP contribution in [0.1, 0.15) is 57.5 Å². The number of oxime groups is 1. The lowest BCUT2D eigenvalue weighted by Gasteiger charge is -2.25. The molecule has 2 N–H and O–H groups in total. The molecule has 199 valence electrons. The van der Waals surface area contributed by atoms with Gasteiger partial charge in [0.25, 0.3) is 5.91 Å². The molecule has 3 rings (SSSR count). The fourth-order valence-corrected chi connectivity index (χ4v) is 3.75. The first-order chi connectivity index (χ1) is 17.9. The van der Waals surface area contributed by atoms with E-state index in [-0.39, 0.29) is 10.8 Å². The van der Waals surface area contributed by atoms with Gasteiger partial charge in [0.1, 0.15) is 11.3 Å². The molecule has 3 aromatic rings. The maximum absolute atomic E-state index is 13.2. The standard InChI is InChI=1S/C27H29N4O6S/c1-26(2,3)36-25(34)30-24-29-19(16-38-24)20(22(28)32)31-37-27(4,5)23(33)35-21(17-12-8-6-9-13-17)18-14-10-7-11-15-18/h6-16,21,28H,1-5H3,(H,29,30,34). The molecule has 0 unspecified atom stereocenters. The lowest BCUT2D eigenvalue weighted by Crippen LogP contribution is -2.37. The highest BCUT2D eigenvalue weighted by atomic mass is 32.1. The van der Waals surface area contributed by atoms with Gasteiger partial charge in [-0.2, -0.15) is 0 Å². The maximum Gasteiger partial charge on any atom is 0.413 e. The van der Waals surface area contributed by atoms with Crippen LogP contribution in [0.4, 0.5) is 9.93 Å². The van der Waals surface area contributed by atoms with Crippen LogP contribution in [0.15, 0.2) is 71.2 Å². The summed E-state index contributed by atoms with van der Waals surface area (Å²) in [6.45, 7) is 8.03. The zero-order valence-electron chi connectivity index (χ0n) is 21.7. The predicted octanol–water partition coefficient (Wildman–Crippen LogP) is 5.13. The van der Waals surface area contributed by atoms with Gasteiger partial charge in [-0.25, -0.2) is 14.6 Å². The van der Waals surface area contributed by atoms with Crippen LogP contribution in [-0.2, 0) is 23.9 Å². The summed E-state index contributed by atoms with van der Waals surface area (Å²) in [6, 6.07) is 18.5. The maximum atomic E-state index is 13.2. The van der Waals surface area contributed by atoms with Gasteiger partial charge in [0, 0.05) is 5.38 Å². The molecule has 0 atom stereocenters. The van der Waals surface area contributed by atoms with Crippen LogP contribution < -0.4 is 11.1 Å². The molecule has 1 aromatic heterocycles. The largest absolute Gasteiger partial charge is 0.450 e. The van der Waals surface area contributed by atoms with Crippen LogP contribution in [0.3, 0.4) is 0 Å². The Morgan fingerprint density at radius 2 is 1.50 bits per heavy atom. The van der Waals surface area contributed by atoms with Crippen LogP contribution in [0.2, 0.25) is 0 Å². The number of thiazole rings is 1. The number of hydrogen-bond acceptors (Lipinski definition) is 9. The minimum absolute atomic E-state index is 0.00308. The predicted molar refractivity (Wildman–Crippen MR) is 143 cm³/mol. The quantitative estimate of drug-likeness (QED) is 0.227. The van der Waals surface area contributed by atoms with E-state index in [4.69, 9.17) is 20.0 Å². The molecular formula is C27H29N4O6S. The van der Waals surface area contributed by atoms with E-state index < -0.39 is 41.0 Å². The van der Waals surface area contributed by atoms with Gasteiger partial charge in [-0.05, 0) is 45.7 Å². The van der Waals surface area contributed by atoms with Gasteiger partial charge in [-0.3, -0.25) is 15.8 Å². The number of carbonyl (C=O) groups is 3. The van der Waals surface area contributed by atoms with Gasteiger partial charge in [0.15, 0.2) is 16.9 Å². The fourth-order valence-electron chi connectivity index (χ4n) is 3.07. The Balaban J connectivity index is 1.76. The van der Waals surface area contributed by atoms with Crippen LogP contribution in [0.25, 0.3) is 0 Å². The van der Waals surface area contributed by atoms with Crippen molar-refractivity contribution >= 4 is 40.1 Å².